The minimum absolute atomic E-state index is 0.0128. The predicted molar refractivity (Wildman–Crippen MR) is 360 cm³/mol. The summed E-state index contributed by atoms with van der Waals surface area (Å²) in [5.41, 5.74) is 7.21. The number of alkyl carbamates (subject to hydrolysis) is 1. The second-order valence-electron chi connectivity index (χ2n) is 26.0. The van der Waals surface area contributed by atoms with E-state index in [0.29, 0.717) is 69.4 Å². The van der Waals surface area contributed by atoms with Gasteiger partial charge in [0.15, 0.2) is 0 Å². The van der Waals surface area contributed by atoms with Crippen LogP contribution in [0.15, 0.2) is 78.5 Å². The number of anilines is 1. The summed E-state index contributed by atoms with van der Waals surface area (Å²) in [6, 6.07) is 10.8. The molecule has 528 valence electrons. The molecule has 0 aromatic heterocycles. The number of likely N-dealkylation sites (tertiary alicyclic amines) is 1. The highest BCUT2D eigenvalue weighted by atomic mass is 16.6. The molecule has 0 saturated carbocycles. The van der Waals surface area contributed by atoms with Gasteiger partial charge < -0.3 is 71.5 Å². The lowest BCUT2D eigenvalue weighted by Crippen LogP contribution is -2.54. The van der Waals surface area contributed by atoms with Gasteiger partial charge in [-0.2, -0.15) is 0 Å². The Morgan fingerprint density at radius 1 is 0.779 bits per heavy atom. The molecule has 10 amide bonds. The van der Waals surface area contributed by atoms with E-state index < -0.39 is 102 Å². The highest BCUT2D eigenvalue weighted by Crippen LogP contribution is 2.31. The van der Waals surface area contributed by atoms with Crippen LogP contribution in [0.2, 0.25) is 0 Å². The lowest BCUT2D eigenvalue weighted by Gasteiger charge is -2.37. The highest BCUT2D eigenvalue weighted by molar-refractivity contribution is 5.92. The number of allylic oxidation sites excluding steroid dienone is 2. The number of primary amides is 1. The van der Waals surface area contributed by atoms with Crippen molar-refractivity contribution < 1.29 is 72.0 Å². The number of carboxylic acid groups (broad SMARTS) is 1. The van der Waals surface area contributed by atoms with Gasteiger partial charge in [-0.1, -0.05) is 88.7 Å². The number of carbonyl (C=O) groups is 10. The number of carbonyl (C=O) groups excluding carboxylic acids is 9. The van der Waals surface area contributed by atoms with Crippen LogP contribution in [0.5, 0.6) is 0 Å². The van der Waals surface area contributed by atoms with Crippen molar-refractivity contribution in [1.29, 1.82) is 0 Å². The summed E-state index contributed by atoms with van der Waals surface area (Å²) in [5.74, 6) is -4.71. The molecular formula is C69H107N11O15. The minimum atomic E-state index is -1.16. The normalized spacial score (nSPS) is 17.8. The molecule has 1 aliphatic carbocycles. The van der Waals surface area contributed by atoms with E-state index in [1.54, 1.807) is 102 Å². The van der Waals surface area contributed by atoms with Gasteiger partial charge in [-0.25, -0.2) is 19.2 Å². The Bertz CT molecular complexity index is 2920. The van der Waals surface area contributed by atoms with Gasteiger partial charge in [0.1, 0.15) is 29.8 Å². The first-order chi connectivity index (χ1) is 44.9. The number of likely N-dealkylation sites (N-methyl/N-ethyl adjacent to an activating group) is 2. The second kappa shape index (κ2) is 39.1. The summed E-state index contributed by atoms with van der Waals surface area (Å²) in [5, 5.41) is 26.1. The van der Waals surface area contributed by atoms with Crippen LogP contribution in [0.3, 0.4) is 0 Å². The van der Waals surface area contributed by atoms with Crippen LogP contribution in [0.25, 0.3) is 0 Å². The Morgan fingerprint density at radius 3 is 2.04 bits per heavy atom. The van der Waals surface area contributed by atoms with Crippen LogP contribution in [-0.2, 0) is 65.4 Å². The number of nitrogens with two attached hydrogens (primary N) is 1. The molecule has 4 rings (SSSR count). The number of ether oxygens (including phenoxy) is 4. The number of urea groups is 1. The number of methoxy groups -OCH3 is 2. The Hall–Kier alpha value is -8.10. The Morgan fingerprint density at radius 2 is 1.45 bits per heavy atom. The maximum atomic E-state index is 14.3. The first kappa shape index (κ1) is 79.3. The maximum absolute atomic E-state index is 14.3. The molecular weight excluding hydrogens is 1220 g/mol. The van der Waals surface area contributed by atoms with Gasteiger partial charge in [0.25, 0.3) is 0 Å². The van der Waals surface area contributed by atoms with Gasteiger partial charge in [-0.05, 0) is 128 Å². The van der Waals surface area contributed by atoms with E-state index in [0.717, 1.165) is 17.5 Å². The predicted octanol–water partition coefficient (Wildman–Crippen LogP) is 5.81. The summed E-state index contributed by atoms with van der Waals surface area (Å²) in [6.07, 6.45) is 7.49. The number of nitrogens with zero attached hydrogens (tertiary/aromatic N) is 4. The van der Waals surface area contributed by atoms with Gasteiger partial charge in [-0.3, -0.25) is 38.6 Å². The van der Waals surface area contributed by atoms with Gasteiger partial charge in [0, 0.05) is 84.1 Å². The van der Waals surface area contributed by atoms with E-state index in [9.17, 15) is 53.1 Å². The van der Waals surface area contributed by atoms with E-state index in [-0.39, 0.29) is 74.4 Å². The zero-order valence-corrected chi connectivity index (χ0v) is 58.2. The molecule has 4 unspecified atom stereocenters. The molecule has 9 N–H and O–H groups in total. The van der Waals surface area contributed by atoms with Crippen molar-refractivity contribution in [2.45, 2.75) is 187 Å². The van der Waals surface area contributed by atoms with Crippen molar-refractivity contribution in [2.75, 3.05) is 73.0 Å². The SMILES string of the molecule is CCC(C(=O)N[C@@H](C)C(=O)N(C)CC([C@@H](C)CC)[C@@H](CC(=O)N1CCC[C@H]1[C@H](OC)[C@@H](C)C(=O)N[C@@H](Cc1ccccc1)C(=O)O)OC)N(C)CCc1ccc(N(C)C(=O)OCC2C=CC(NC(=O)C(CCCCNC(N)=O)NC(=O)[C@H](C)NC(=O)OC(C)(C)C)=CC2)cc1. The lowest BCUT2D eigenvalue weighted by atomic mass is 9.84. The number of rotatable bonds is 37. The molecule has 0 radical (unpaired) electrons. The van der Waals surface area contributed by atoms with Crippen molar-refractivity contribution in [3.05, 3.63) is 89.6 Å². The molecule has 26 nitrogen and oxygen atoms in total. The number of unbranched alkanes of at least 4 members (excludes halogenated alkanes) is 1. The van der Waals surface area contributed by atoms with Gasteiger partial charge >= 0.3 is 24.2 Å². The number of amides is 10. The van der Waals surface area contributed by atoms with Crippen molar-refractivity contribution in [1.82, 2.24) is 46.6 Å². The minimum Gasteiger partial charge on any atom is -0.480 e. The van der Waals surface area contributed by atoms with Crippen molar-refractivity contribution in [2.24, 2.45) is 29.4 Å². The zero-order chi connectivity index (χ0) is 70.7. The molecule has 1 heterocycles. The third-order valence-corrected chi connectivity index (χ3v) is 17.6. The summed E-state index contributed by atoms with van der Waals surface area (Å²) in [7, 11) is 8.19. The molecule has 95 heavy (non-hydrogen) atoms. The molecule has 12 atom stereocenters. The summed E-state index contributed by atoms with van der Waals surface area (Å²) in [6.45, 7) is 17.5. The molecule has 1 saturated heterocycles. The fourth-order valence-corrected chi connectivity index (χ4v) is 11.8. The maximum Gasteiger partial charge on any atom is 0.414 e. The third kappa shape index (κ3) is 25.9. The molecule has 0 bridgehead atoms. The molecule has 26 heteroatoms. The molecule has 2 aliphatic rings. The third-order valence-electron chi connectivity index (χ3n) is 17.6. The summed E-state index contributed by atoms with van der Waals surface area (Å²) < 4.78 is 22.9. The fourth-order valence-electron chi connectivity index (χ4n) is 11.8. The topological polar surface area (TPSA) is 339 Å². The zero-order valence-electron chi connectivity index (χ0n) is 58.2. The standard InChI is InChI=1S/C69H107N11O15/c1-15-43(3)52(57(92-13)40-58(81)80-37-22-26-56(80)59(93-14)44(4)60(82)76-54(65(87)88)39-48-23-18-17-19-24-48)41-78(11)64(86)46(6)72-63(85)55(16-2)77(10)38-35-47-29-33-51(34-30-47)79(12)68(91)94-42-49-27-31-50(32-28-49)74-62(84)53(25-20-21-36-71-66(70)89)75-61(83)45(5)73-67(90)95-69(7,8)9/h17-19,23-24,27,29-34,43-46,49,52-57,59H,15-16,20-22,25-26,28,35-42H2,1-14H3,(H,72,85)(H,73,90)(H,74,84)(H,75,83)(H,76,82)(H,87,88)(H3,70,71,89)/t43-,44+,45-,46-,49?,52?,53?,54-,55?,56-,57+,59+/m0/s1. The molecule has 0 spiro atoms. The lowest BCUT2D eigenvalue weighted by molar-refractivity contribution is -0.145. The van der Waals surface area contributed by atoms with E-state index >= 15 is 0 Å². The van der Waals surface area contributed by atoms with Crippen molar-refractivity contribution >= 4 is 65.3 Å². The van der Waals surface area contributed by atoms with Crippen LogP contribution < -0.4 is 42.5 Å². The first-order valence-corrected chi connectivity index (χ1v) is 33.1. The van der Waals surface area contributed by atoms with Crippen molar-refractivity contribution in [3.8, 4) is 0 Å². The van der Waals surface area contributed by atoms with Crippen LogP contribution in [0.1, 0.15) is 131 Å². The molecule has 1 aliphatic heterocycles. The average Bonchev–Trinajstić information content (AvgIpc) is 1.75. The van der Waals surface area contributed by atoms with E-state index in [4.69, 9.17) is 24.7 Å². The average molecular weight is 1330 g/mol. The van der Waals surface area contributed by atoms with Crippen LogP contribution in [0.4, 0.5) is 20.1 Å². The number of benzene rings is 2. The molecule has 2 aromatic rings. The quantitative estimate of drug-likeness (QED) is 0.0370. The van der Waals surface area contributed by atoms with Crippen molar-refractivity contribution in [3.63, 3.8) is 0 Å². The van der Waals surface area contributed by atoms with Gasteiger partial charge in [0.05, 0.1) is 43.2 Å². The fraction of sp³-hybridized carbons (Fsp3) is 0.623. The number of carboxylic acids is 1. The summed E-state index contributed by atoms with van der Waals surface area (Å²) in [4.78, 5) is 138. The number of hydrogen-bond donors (Lipinski definition) is 8. The number of nitrogens with one attached hydrogen (secondary N) is 6. The van der Waals surface area contributed by atoms with Crippen LogP contribution >= 0.6 is 0 Å². The van der Waals surface area contributed by atoms with Gasteiger partial charge in [0.2, 0.25) is 35.4 Å². The van der Waals surface area contributed by atoms with E-state index in [1.165, 1.54) is 18.9 Å². The van der Waals surface area contributed by atoms with Crippen LogP contribution in [0, 0.1) is 23.7 Å². The van der Waals surface area contributed by atoms with Crippen LogP contribution in [-0.4, -0.2) is 202 Å². The smallest absolute Gasteiger partial charge is 0.414 e. The first-order valence-electron chi connectivity index (χ1n) is 33.1. The highest BCUT2D eigenvalue weighted by Gasteiger charge is 2.42. The Kier molecular flexibility index (Phi) is 32.6. The summed E-state index contributed by atoms with van der Waals surface area (Å²) >= 11 is 0. The molecule has 1 fully saturated rings. The largest absolute Gasteiger partial charge is 0.480 e. The number of hydrogen-bond acceptors (Lipinski definition) is 15. The number of aliphatic carboxylic acids is 1. The molecule has 2 aromatic carbocycles. The monoisotopic (exact) mass is 1330 g/mol. The Labute approximate surface area is 560 Å². The van der Waals surface area contributed by atoms with E-state index in [2.05, 4.69) is 38.8 Å². The van der Waals surface area contributed by atoms with Gasteiger partial charge in [-0.15, -0.1) is 0 Å². The van der Waals surface area contributed by atoms with E-state index in [1.807, 2.05) is 62.2 Å². The second-order valence-corrected chi connectivity index (χ2v) is 26.0. The Balaban J connectivity index is 1.25.